The molecule has 0 aliphatic heterocycles. The van der Waals surface area contributed by atoms with Gasteiger partial charge in [0.1, 0.15) is 18.2 Å². The average Bonchev–Trinajstić information content (AvgIpc) is 2.80. The molecule has 0 saturated heterocycles. The first-order valence-electron chi connectivity index (χ1n) is 5.23. The molecule has 84 valence electrons. The lowest BCUT2D eigenvalue weighted by Crippen LogP contribution is -2.00. The minimum atomic E-state index is 0.618. The summed E-state index contributed by atoms with van der Waals surface area (Å²) in [5.74, 6) is 1.70. The predicted octanol–water partition coefficient (Wildman–Crippen LogP) is 3.15. The van der Waals surface area contributed by atoms with Gasteiger partial charge in [-0.3, -0.25) is 0 Å². The van der Waals surface area contributed by atoms with Gasteiger partial charge in [-0.1, -0.05) is 6.07 Å². The van der Waals surface area contributed by atoms with Crippen LogP contribution in [0.25, 0.3) is 0 Å². The fraction of sp³-hybridized carbons (Fsp3) is 0.250. The Labute approximate surface area is 99.1 Å². The molecule has 2 heterocycles. The van der Waals surface area contributed by atoms with Crippen LogP contribution in [0.1, 0.15) is 11.8 Å². The number of ether oxygens (including phenoxy) is 1. The van der Waals surface area contributed by atoms with Crippen molar-refractivity contribution in [3.8, 4) is 5.75 Å². The van der Waals surface area contributed by atoms with E-state index in [-0.39, 0.29) is 0 Å². The summed E-state index contributed by atoms with van der Waals surface area (Å²) < 4.78 is 5.67. The Bertz CT molecular complexity index is 428. The van der Waals surface area contributed by atoms with Crippen LogP contribution in [0, 0.1) is 0 Å². The van der Waals surface area contributed by atoms with E-state index >= 15 is 0 Å². The van der Waals surface area contributed by atoms with Crippen molar-refractivity contribution in [1.29, 1.82) is 0 Å². The van der Waals surface area contributed by atoms with Gasteiger partial charge in [-0.05, 0) is 24.4 Å². The van der Waals surface area contributed by atoms with Crippen LogP contribution in [0.4, 0.5) is 5.82 Å². The Morgan fingerprint density at radius 3 is 3.12 bits per heavy atom. The lowest BCUT2D eigenvalue weighted by Gasteiger charge is -2.06. The van der Waals surface area contributed by atoms with Crippen LogP contribution in [-0.4, -0.2) is 11.5 Å². The maximum atomic E-state index is 5.67. The van der Waals surface area contributed by atoms with Crippen molar-refractivity contribution < 1.29 is 4.74 Å². The Morgan fingerprint density at radius 1 is 1.44 bits per heavy atom. The number of rotatable bonds is 5. The molecule has 3 nitrogen and oxygen atoms in total. The van der Waals surface area contributed by atoms with Crippen molar-refractivity contribution in [1.82, 2.24) is 4.98 Å². The van der Waals surface area contributed by atoms with E-state index in [1.165, 1.54) is 4.88 Å². The van der Waals surface area contributed by atoms with Gasteiger partial charge in [0.15, 0.2) is 0 Å². The van der Waals surface area contributed by atoms with Gasteiger partial charge < -0.3 is 10.1 Å². The van der Waals surface area contributed by atoms with E-state index in [0.717, 1.165) is 18.1 Å². The number of hydrogen-bond donors (Lipinski definition) is 1. The van der Waals surface area contributed by atoms with Crippen molar-refractivity contribution in [3.05, 3.63) is 40.7 Å². The summed E-state index contributed by atoms with van der Waals surface area (Å²) in [6.07, 6.45) is 1.75. The molecule has 0 aliphatic carbocycles. The second kappa shape index (κ2) is 5.51. The molecule has 0 radical (unpaired) electrons. The molecule has 1 N–H and O–H groups in total. The van der Waals surface area contributed by atoms with Crippen LogP contribution in [0.5, 0.6) is 5.75 Å². The third-order valence-electron chi connectivity index (χ3n) is 2.05. The molecule has 0 fully saturated rings. The van der Waals surface area contributed by atoms with Crippen molar-refractivity contribution in [3.63, 3.8) is 0 Å². The van der Waals surface area contributed by atoms with Gasteiger partial charge in [-0.2, -0.15) is 0 Å². The molecule has 0 unspecified atom stereocenters. The van der Waals surface area contributed by atoms with Gasteiger partial charge in [-0.25, -0.2) is 4.98 Å². The van der Waals surface area contributed by atoms with E-state index in [0.29, 0.717) is 6.61 Å². The molecule has 4 heteroatoms. The SMILES string of the molecule is CCNc1cc(OCc2cccs2)ccn1. The summed E-state index contributed by atoms with van der Waals surface area (Å²) in [7, 11) is 0. The Balaban J connectivity index is 1.96. The molecular formula is C12H14N2OS. The summed E-state index contributed by atoms with van der Waals surface area (Å²) in [4.78, 5) is 5.41. The Morgan fingerprint density at radius 2 is 2.38 bits per heavy atom. The van der Waals surface area contributed by atoms with Gasteiger partial charge in [0.05, 0.1) is 0 Å². The van der Waals surface area contributed by atoms with E-state index in [1.807, 2.05) is 25.1 Å². The largest absolute Gasteiger partial charge is 0.488 e. The topological polar surface area (TPSA) is 34.1 Å². The van der Waals surface area contributed by atoms with Gasteiger partial charge in [0, 0.05) is 23.7 Å². The molecule has 0 bridgehead atoms. The third kappa shape index (κ3) is 2.97. The number of hydrogen-bond acceptors (Lipinski definition) is 4. The monoisotopic (exact) mass is 234 g/mol. The molecule has 2 aromatic rings. The van der Waals surface area contributed by atoms with Crippen molar-refractivity contribution in [2.75, 3.05) is 11.9 Å². The number of thiophene rings is 1. The minimum Gasteiger partial charge on any atom is -0.488 e. The van der Waals surface area contributed by atoms with Gasteiger partial charge in [-0.15, -0.1) is 11.3 Å². The second-order valence-corrected chi connectivity index (χ2v) is 4.31. The average molecular weight is 234 g/mol. The van der Waals surface area contributed by atoms with E-state index < -0.39 is 0 Å². The molecule has 16 heavy (non-hydrogen) atoms. The van der Waals surface area contributed by atoms with E-state index in [1.54, 1.807) is 17.5 Å². The summed E-state index contributed by atoms with van der Waals surface area (Å²) >= 11 is 1.70. The normalized spacial score (nSPS) is 10.1. The van der Waals surface area contributed by atoms with Crippen molar-refractivity contribution in [2.24, 2.45) is 0 Å². The fourth-order valence-corrected chi connectivity index (χ4v) is 1.94. The number of anilines is 1. The standard InChI is InChI=1S/C12H14N2OS/c1-2-13-12-8-10(5-6-14-12)15-9-11-4-3-7-16-11/h3-8H,2,9H2,1H3,(H,13,14). The highest BCUT2D eigenvalue weighted by molar-refractivity contribution is 7.09. The zero-order chi connectivity index (χ0) is 11.2. The van der Waals surface area contributed by atoms with Crippen LogP contribution in [0.3, 0.4) is 0 Å². The van der Waals surface area contributed by atoms with Gasteiger partial charge in [0.25, 0.3) is 0 Å². The number of nitrogens with zero attached hydrogens (tertiary/aromatic N) is 1. The summed E-state index contributed by atoms with van der Waals surface area (Å²) in [6, 6.07) is 7.88. The van der Waals surface area contributed by atoms with Gasteiger partial charge >= 0.3 is 0 Å². The van der Waals surface area contributed by atoms with Crippen LogP contribution in [0.15, 0.2) is 35.8 Å². The predicted molar refractivity (Wildman–Crippen MR) is 67.1 cm³/mol. The molecule has 0 aliphatic rings. The highest BCUT2D eigenvalue weighted by atomic mass is 32.1. The maximum absolute atomic E-state index is 5.67. The molecule has 0 atom stereocenters. The van der Waals surface area contributed by atoms with Crippen molar-refractivity contribution in [2.45, 2.75) is 13.5 Å². The zero-order valence-electron chi connectivity index (χ0n) is 9.14. The highest BCUT2D eigenvalue weighted by Gasteiger charge is 1.98. The lowest BCUT2D eigenvalue weighted by molar-refractivity contribution is 0.309. The molecule has 0 spiro atoms. The first-order chi connectivity index (χ1) is 7.88. The smallest absolute Gasteiger partial charge is 0.129 e. The number of nitrogens with one attached hydrogen (secondary N) is 1. The molecule has 2 rings (SSSR count). The first kappa shape index (κ1) is 11.0. The lowest BCUT2D eigenvalue weighted by atomic mass is 10.4. The van der Waals surface area contributed by atoms with Crippen LogP contribution >= 0.6 is 11.3 Å². The van der Waals surface area contributed by atoms with E-state index in [2.05, 4.69) is 21.7 Å². The minimum absolute atomic E-state index is 0.618. The number of pyridine rings is 1. The van der Waals surface area contributed by atoms with E-state index in [9.17, 15) is 0 Å². The molecule has 0 saturated carbocycles. The second-order valence-electron chi connectivity index (χ2n) is 3.28. The summed E-state index contributed by atoms with van der Waals surface area (Å²) in [6.45, 7) is 3.52. The Kier molecular flexibility index (Phi) is 3.77. The van der Waals surface area contributed by atoms with E-state index in [4.69, 9.17) is 4.74 Å². The van der Waals surface area contributed by atoms with Crippen LogP contribution in [-0.2, 0) is 6.61 Å². The fourth-order valence-electron chi connectivity index (χ4n) is 1.33. The highest BCUT2D eigenvalue weighted by Crippen LogP contribution is 2.17. The quantitative estimate of drug-likeness (QED) is 0.863. The van der Waals surface area contributed by atoms with Gasteiger partial charge in [0.2, 0.25) is 0 Å². The molecule has 0 aromatic carbocycles. The number of aromatic nitrogens is 1. The Hall–Kier alpha value is -1.55. The molecular weight excluding hydrogens is 220 g/mol. The third-order valence-corrected chi connectivity index (χ3v) is 2.90. The molecule has 2 aromatic heterocycles. The maximum Gasteiger partial charge on any atom is 0.129 e. The van der Waals surface area contributed by atoms with Crippen molar-refractivity contribution >= 4 is 17.2 Å². The summed E-state index contributed by atoms with van der Waals surface area (Å²) in [5, 5.41) is 5.20. The summed E-state index contributed by atoms with van der Waals surface area (Å²) in [5.41, 5.74) is 0. The van der Waals surface area contributed by atoms with Crippen LogP contribution in [0.2, 0.25) is 0 Å². The van der Waals surface area contributed by atoms with Crippen LogP contribution < -0.4 is 10.1 Å². The zero-order valence-corrected chi connectivity index (χ0v) is 9.96. The first-order valence-corrected chi connectivity index (χ1v) is 6.11. The molecule has 0 amide bonds.